The molecule has 3 rings (SSSR count). The first-order chi connectivity index (χ1) is 10.1. The van der Waals surface area contributed by atoms with Crippen molar-refractivity contribution in [2.45, 2.75) is 19.8 Å². The molecule has 110 valence electrons. The minimum atomic E-state index is -0.430. The molecule has 1 fully saturated rings. The van der Waals surface area contributed by atoms with Gasteiger partial charge in [0.25, 0.3) is 11.8 Å². The minimum absolute atomic E-state index is 0.0398. The third kappa shape index (κ3) is 2.44. The Labute approximate surface area is 129 Å². The smallest absolute Gasteiger partial charge is 0.283 e. The lowest BCUT2D eigenvalue weighted by molar-refractivity contribution is -0.121. The van der Waals surface area contributed by atoms with E-state index in [-0.39, 0.29) is 10.9 Å². The third-order valence-electron chi connectivity index (χ3n) is 3.99. The highest BCUT2D eigenvalue weighted by Crippen LogP contribution is 2.33. The number of hydrogen-bond acceptors (Lipinski definition) is 3. The Balaban J connectivity index is 1.92. The largest absolute Gasteiger partial charge is 0.365 e. The molecule has 4 nitrogen and oxygen atoms in total. The van der Waals surface area contributed by atoms with Gasteiger partial charge in [-0.1, -0.05) is 36.7 Å². The molecule has 21 heavy (non-hydrogen) atoms. The number of nitrogens with zero attached hydrogens (tertiary/aromatic N) is 2. The van der Waals surface area contributed by atoms with Crippen LogP contribution in [0.3, 0.4) is 0 Å². The summed E-state index contributed by atoms with van der Waals surface area (Å²) >= 11 is 6.18. The molecule has 1 aromatic rings. The van der Waals surface area contributed by atoms with Crippen molar-refractivity contribution in [3.8, 4) is 0 Å². The van der Waals surface area contributed by atoms with E-state index in [0.29, 0.717) is 17.3 Å². The van der Waals surface area contributed by atoms with Gasteiger partial charge in [0, 0.05) is 13.1 Å². The van der Waals surface area contributed by atoms with Crippen LogP contribution >= 0.6 is 11.6 Å². The van der Waals surface area contributed by atoms with Crippen molar-refractivity contribution in [1.82, 2.24) is 4.90 Å². The zero-order valence-electron chi connectivity index (χ0n) is 11.9. The highest BCUT2D eigenvalue weighted by Gasteiger charge is 2.41. The molecule has 5 heteroatoms. The van der Waals surface area contributed by atoms with E-state index in [1.807, 2.05) is 11.0 Å². The maximum Gasteiger partial charge on any atom is 0.283 e. The van der Waals surface area contributed by atoms with Crippen molar-refractivity contribution >= 4 is 29.1 Å². The van der Waals surface area contributed by atoms with Crippen LogP contribution in [0.4, 0.5) is 5.69 Å². The van der Waals surface area contributed by atoms with Crippen molar-refractivity contribution < 1.29 is 9.59 Å². The molecule has 0 saturated carbocycles. The highest BCUT2D eigenvalue weighted by atomic mass is 35.5. The molecule has 2 heterocycles. The molecule has 2 aliphatic rings. The molecule has 1 saturated heterocycles. The molecule has 0 aromatic heterocycles. The first-order valence-electron chi connectivity index (χ1n) is 7.18. The number of piperidine rings is 1. The number of hydrogen-bond donors (Lipinski definition) is 0. The molecule has 0 N–H and O–H groups in total. The van der Waals surface area contributed by atoms with Gasteiger partial charge in [-0.3, -0.25) is 9.59 Å². The summed E-state index contributed by atoms with van der Waals surface area (Å²) in [5.41, 5.74) is 0.919. The zero-order valence-corrected chi connectivity index (χ0v) is 12.6. The summed E-state index contributed by atoms with van der Waals surface area (Å²) in [6.45, 7) is 3.70. The van der Waals surface area contributed by atoms with Crippen molar-refractivity contribution in [3.05, 3.63) is 41.1 Å². The molecule has 0 spiro atoms. The van der Waals surface area contributed by atoms with E-state index in [9.17, 15) is 9.59 Å². The number of rotatable bonds is 2. The fourth-order valence-corrected chi connectivity index (χ4v) is 3.25. The topological polar surface area (TPSA) is 40.6 Å². The van der Waals surface area contributed by atoms with Crippen molar-refractivity contribution in [3.63, 3.8) is 0 Å². The fourth-order valence-electron chi connectivity index (χ4n) is 2.97. The summed E-state index contributed by atoms with van der Waals surface area (Å²) < 4.78 is 0. The minimum Gasteiger partial charge on any atom is -0.365 e. The maximum atomic E-state index is 12.7. The number of para-hydroxylation sites is 1. The molecular formula is C16H17ClN2O2. The molecule has 1 atom stereocenters. The lowest BCUT2D eigenvalue weighted by Gasteiger charge is -2.33. The Hall–Kier alpha value is -1.81. The quantitative estimate of drug-likeness (QED) is 0.789. The van der Waals surface area contributed by atoms with Gasteiger partial charge in [0.15, 0.2) is 0 Å². The fraction of sp³-hybridized carbons (Fsp3) is 0.375. The summed E-state index contributed by atoms with van der Waals surface area (Å²) in [6.07, 6.45) is 2.16. The number of carbonyl (C=O) groups is 2. The molecule has 0 bridgehead atoms. The van der Waals surface area contributed by atoms with Gasteiger partial charge in [-0.2, -0.15) is 0 Å². The number of benzene rings is 1. The van der Waals surface area contributed by atoms with Gasteiger partial charge in [0.05, 0.1) is 5.69 Å². The Morgan fingerprint density at radius 3 is 2.52 bits per heavy atom. The summed E-state index contributed by atoms with van der Waals surface area (Å²) in [7, 11) is 0. The van der Waals surface area contributed by atoms with Gasteiger partial charge in [-0.25, -0.2) is 4.90 Å². The Morgan fingerprint density at radius 1 is 1.14 bits per heavy atom. The molecule has 2 aliphatic heterocycles. The molecule has 0 radical (unpaired) electrons. The average molecular weight is 305 g/mol. The van der Waals surface area contributed by atoms with Crippen LogP contribution in [0.1, 0.15) is 19.8 Å². The lowest BCUT2D eigenvalue weighted by Crippen LogP contribution is -2.39. The Kier molecular flexibility index (Phi) is 3.72. The van der Waals surface area contributed by atoms with Gasteiger partial charge < -0.3 is 4.90 Å². The molecule has 0 unspecified atom stereocenters. The van der Waals surface area contributed by atoms with Gasteiger partial charge in [-0.05, 0) is 30.9 Å². The summed E-state index contributed by atoms with van der Waals surface area (Å²) in [5.74, 6) is -0.240. The van der Waals surface area contributed by atoms with Crippen molar-refractivity contribution in [1.29, 1.82) is 0 Å². The number of imide groups is 1. The Morgan fingerprint density at radius 2 is 1.86 bits per heavy atom. The SMILES string of the molecule is C[C@@H]1CCCN(C2=C(Cl)C(=O)N(c3ccccc3)C2=O)C1. The van der Waals surface area contributed by atoms with Gasteiger partial charge in [0.2, 0.25) is 0 Å². The predicted molar refractivity (Wildman–Crippen MR) is 81.8 cm³/mol. The van der Waals surface area contributed by atoms with E-state index in [2.05, 4.69) is 6.92 Å². The van der Waals surface area contributed by atoms with Crippen LogP contribution in [0.5, 0.6) is 0 Å². The summed E-state index contributed by atoms with van der Waals surface area (Å²) in [4.78, 5) is 28.1. The van der Waals surface area contributed by atoms with Crippen LogP contribution in [-0.2, 0) is 9.59 Å². The van der Waals surface area contributed by atoms with Crippen molar-refractivity contribution in [2.24, 2.45) is 5.92 Å². The normalized spacial score (nSPS) is 23.2. The average Bonchev–Trinajstić information content (AvgIpc) is 2.70. The van der Waals surface area contributed by atoms with Gasteiger partial charge in [-0.15, -0.1) is 0 Å². The van der Waals surface area contributed by atoms with Crippen LogP contribution in [0.15, 0.2) is 41.1 Å². The highest BCUT2D eigenvalue weighted by molar-refractivity contribution is 6.52. The summed E-state index contributed by atoms with van der Waals surface area (Å²) in [6, 6.07) is 8.91. The van der Waals surface area contributed by atoms with Gasteiger partial charge in [0.1, 0.15) is 10.7 Å². The second kappa shape index (κ2) is 5.53. The molecule has 1 aromatic carbocycles. The van der Waals surface area contributed by atoms with E-state index in [1.165, 1.54) is 0 Å². The first kappa shape index (κ1) is 14.1. The van der Waals surface area contributed by atoms with Crippen LogP contribution in [-0.4, -0.2) is 29.8 Å². The first-order valence-corrected chi connectivity index (χ1v) is 7.56. The summed E-state index contributed by atoms with van der Waals surface area (Å²) in [5, 5.41) is 0.0398. The predicted octanol–water partition coefficient (Wildman–Crippen LogP) is 2.74. The second-order valence-corrected chi connectivity index (χ2v) is 6.02. The molecular weight excluding hydrogens is 288 g/mol. The van der Waals surface area contributed by atoms with E-state index in [4.69, 9.17) is 11.6 Å². The standard InChI is InChI=1S/C16H17ClN2O2/c1-11-6-5-9-18(10-11)14-13(17)15(20)19(16(14)21)12-7-3-2-4-8-12/h2-4,7-8,11H,5-6,9-10H2,1H3/t11-/m1/s1. The number of likely N-dealkylation sites (tertiary alicyclic amines) is 1. The van der Waals surface area contributed by atoms with Crippen LogP contribution in [0.25, 0.3) is 0 Å². The molecule has 0 aliphatic carbocycles. The van der Waals surface area contributed by atoms with Crippen molar-refractivity contribution in [2.75, 3.05) is 18.0 Å². The van der Waals surface area contributed by atoms with E-state index in [0.717, 1.165) is 30.8 Å². The number of halogens is 1. The third-order valence-corrected chi connectivity index (χ3v) is 4.33. The number of anilines is 1. The second-order valence-electron chi connectivity index (χ2n) is 5.64. The van der Waals surface area contributed by atoms with Crippen LogP contribution < -0.4 is 4.90 Å². The maximum absolute atomic E-state index is 12.7. The number of carbonyl (C=O) groups excluding carboxylic acids is 2. The van der Waals surface area contributed by atoms with Crippen LogP contribution in [0, 0.1) is 5.92 Å². The zero-order chi connectivity index (χ0) is 15.0. The lowest BCUT2D eigenvalue weighted by atomic mass is 10.00. The van der Waals surface area contributed by atoms with E-state index >= 15 is 0 Å². The van der Waals surface area contributed by atoms with E-state index in [1.54, 1.807) is 24.3 Å². The monoisotopic (exact) mass is 304 g/mol. The molecule has 2 amide bonds. The van der Waals surface area contributed by atoms with E-state index < -0.39 is 5.91 Å². The van der Waals surface area contributed by atoms with Crippen LogP contribution in [0.2, 0.25) is 0 Å². The van der Waals surface area contributed by atoms with Gasteiger partial charge >= 0.3 is 0 Å². The Bertz CT molecular complexity index is 612. The number of amides is 2.